The molecule has 0 saturated heterocycles. The van der Waals surface area contributed by atoms with Crippen LogP contribution in [0, 0.1) is 12.3 Å². The molecule has 20 heavy (non-hydrogen) atoms. The summed E-state index contributed by atoms with van der Waals surface area (Å²) in [5.41, 5.74) is 0.900. The van der Waals surface area contributed by atoms with Crippen LogP contribution in [0.15, 0.2) is 30.3 Å². The van der Waals surface area contributed by atoms with Gasteiger partial charge in [0, 0.05) is 13.3 Å². The molecule has 0 aromatic heterocycles. The normalized spacial score (nSPS) is 12.0. The number of hydrogen-bond donors (Lipinski definition) is 1. The Morgan fingerprint density at radius 2 is 1.75 bits per heavy atom. The average Bonchev–Trinajstić information content (AvgIpc) is 2.37. The highest BCUT2D eigenvalue weighted by atomic mass is 16.2. The summed E-state index contributed by atoms with van der Waals surface area (Å²) in [5.74, 6) is -1.36. The minimum absolute atomic E-state index is 0.0832. The Balaban J connectivity index is 2.78. The quantitative estimate of drug-likeness (QED) is 0.770. The standard InChI is InChI=1S/C16H20NO3/c1-11(2)9-15(19)17-14(16(20)12(3)18)10-13-7-5-4-6-8-13/h4-9,11,14H,10H2,1-3H3,(H,17,19). The van der Waals surface area contributed by atoms with E-state index in [2.05, 4.69) is 5.32 Å². The second-order valence-corrected chi connectivity index (χ2v) is 5.08. The van der Waals surface area contributed by atoms with Gasteiger partial charge in [0.25, 0.3) is 0 Å². The van der Waals surface area contributed by atoms with E-state index < -0.39 is 17.6 Å². The molecule has 1 unspecified atom stereocenters. The van der Waals surface area contributed by atoms with E-state index in [-0.39, 0.29) is 11.8 Å². The molecule has 0 aliphatic rings. The monoisotopic (exact) mass is 274 g/mol. The summed E-state index contributed by atoms with van der Waals surface area (Å²) in [6, 6.07) is 8.49. The zero-order valence-corrected chi connectivity index (χ0v) is 12.1. The fourth-order valence-electron chi connectivity index (χ4n) is 1.83. The van der Waals surface area contributed by atoms with E-state index in [0.717, 1.165) is 5.56 Å². The fourth-order valence-corrected chi connectivity index (χ4v) is 1.83. The Morgan fingerprint density at radius 3 is 2.25 bits per heavy atom. The summed E-state index contributed by atoms with van der Waals surface area (Å²) in [4.78, 5) is 34.9. The maximum Gasteiger partial charge on any atom is 0.224 e. The van der Waals surface area contributed by atoms with Crippen LogP contribution >= 0.6 is 0 Å². The predicted molar refractivity (Wildman–Crippen MR) is 76.9 cm³/mol. The zero-order valence-electron chi connectivity index (χ0n) is 12.1. The van der Waals surface area contributed by atoms with Crippen LogP contribution in [0.3, 0.4) is 0 Å². The summed E-state index contributed by atoms with van der Waals surface area (Å²) in [6.07, 6.45) is 1.81. The molecule has 0 bridgehead atoms. The van der Waals surface area contributed by atoms with Gasteiger partial charge in [-0.15, -0.1) is 0 Å². The van der Waals surface area contributed by atoms with E-state index in [1.807, 2.05) is 44.2 Å². The molecule has 4 heteroatoms. The largest absolute Gasteiger partial charge is 0.345 e. The summed E-state index contributed by atoms with van der Waals surface area (Å²) < 4.78 is 0. The lowest BCUT2D eigenvalue weighted by Gasteiger charge is -2.17. The average molecular weight is 274 g/mol. The number of benzene rings is 1. The molecule has 0 spiro atoms. The molecule has 0 aliphatic carbocycles. The first-order chi connectivity index (χ1) is 9.40. The highest BCUT2D eigenvalue weighted by Gasteiger charge is 2.24. The zero-order chi connectivity index (χ0) is 15.1. The first-order valence-electron chi connectivity index (χ1n) is 6.64. The number of ketones is 2. The minimum Gasteiger partial charge on any atom is -0.345 e. The summed E-state index contributed by atoms with van der Waals surface area (Å²) >= 11 is 0. The molecule has 0 fully saturated rings. The Bertz CT molecular complexity index is 480. The molecule has 1 rings (SSSR count). The van der Waals surface area contributed by atoms with E-state index in [0.29, 0.717) is 6.42 Å². The van der Waals surface area contributed by atoms with Crippen molar-refractivity contribution in [3.8, 4) is 0 Å². The maximum atomic E-state index is 11.9. The van der Waals surface area contributed by atoms with Gasteiger partial charge in [-0.3, -0.25) is 14.4 Å². The van der Waals surface area contributed by atoms with Crippen LogP contribution in [0.1, 0.15) is 26.3 Å². The molecule has 0 saturated carbocycles. The van der Waals surface area contributed by atoms with Gasteiger partial charge >= 0.3 is 0 Å². The third-order valence-corrected chi connectivity index (χ3v) is 2.75. The number of amides is 1. The molecule has 0 heterocycles. The van der Waals surface area contributed by atoms with Crippen molar-refractivity contribution in [2.24, 2.45) is 5.92 Å². The van der Waals surface area contributed by atoms with Gasteiger partial charge < -0.3 is 5.32 Å². The number of Topliss-reactive ketones (excluding diaryl/α,β-unsaturated/α-hetero) is 2. The van der Waals surface area contributed by atoms with Crippen LogP contribution in [-0.4, -0.2) is 23.5 Å². The summed E-state index contributed by atoms with van der Waals surface area (Å²) in [6.45, 7) is 4.97. The maximum absolute atomic E-state index is 11.9. The highest BCUT2D eigenvalue weighted by molar-refractivity contribution is 6.38. The molecule has 4 nitrogen and oxygen atoms in total. The second kappa shape index (κ2) is 7.58. The van der Waals surface area contributed by atoms with E-state index in [1.54, 1.807) is 0 Å². The van der Waals surface area contributed by atoms with Crippen LogP contribution in [0.2, 0.25) is 0 Å². The van der Waals surface area contributed by atoms with Gasteiger partial charge in [-0.25, -0.2) is 0 Å². The van der Waals surface area contributed by atoms with Crippen molar-refractivity contribution >= 4 is 17.5 Å². The van der Waals surface area contributed by atoms with Gasteiger partial charge in [0.1, 0.15) is 0 Å². The first kappa shape index (κ1) is 16.1. The number of carbonyl (C=O) groups excluding carboxylic acids is 3. The van der Waals surface area contributed by atoms with Crippen LogP contribution in [0.5, 0.6) is 0 Å². The molecular weight excluding hydrogens is 254 g/mol. The first-order valence-corrected chi connectivity index (χ1v) is 6.64. The SMILES string of the molecule is CC(=O)C(=O)C(Cc1ccccc1)NC(=O)[CH]C(C)C. The van der Waals surface area contributed by atoms with Gasteiger partial charge in [0.05, 0.1) is 12.5 Å². The molecule has 1 aromatic rings. The lowest BCUT2D eigenvalue weighted by atomic mass is 9.99. The van der Waals surface area contributed by atoms with Crippen LogP contribution in [-0.2, 0) is 20.8 Å². The Hall–Kier alpha value is -1.97. The second-order valence-electron chi connectivity index (χ2n) is 5.08. The van der Waals surface area contributed by atoms with Gasteiger partial charge in [0.2, 0.25) is 11.7 Å². The predicted octanol–water partition coefficient (Wildman–Crippen LogP) is 1.73. The summed E-state index contributed by atoms with van der Waals surface area (Å²) in [7, 11) is 0. The van der Waals surface area contributed by atoms with Crippen molar-refractivity contribution in [3.63, 3.8) is 0 Å². The van der Waals surface area contributed by atoms with Crippen molar-refractivity contribution in [1.29, 1.82) is 0 Å². The van der Waals surface area contributed by atoms with E-state index in [1.165, 1.54) is 13.3 Å². The molecular formula is C16H20NO3. The lowest BCUT2D eigenvalue weighted by Crippen LogP contribution is -2.45. The topological polar surface area (TPSA) is 63.2 Å². The van der Waals surface area contributed by atoms with E-state index in [4.69, 9.17) is 0 Å². The van der Waals surface area contributed by atoms with Gasteiger partial charge in [-0.2, -0.15) is 0 Å². The van der Waals surface area contributed by atoms with Crippen LogP contribution < -0.4 is 5.32 Å². The molecule has 0 aliphatic heterocycles. The van der Waals surface area contributed by atoms with Crippen molar-refractivity contribution in [2.45, 2.75) is 33.2 Å². The molecule has 1 radical (unpaired) electrons. The molecule has 1 N–H and O–H groups in total. The minimum atomic E-state index is -0.808. The van der Waals surface area contributed by atoms with E-state index >= 15 is 0 Å². The van der Waals surface area contributed by atoms with Crippen molar-refractivity contribution in [3.05, 3.63) is 42.3 Å². The third kappa shape index (κ3) is 5.34. The van der Waals surface area contributed by atoms with Crippen LogP contribution in [0.4, 0.5) is 0 Å². The van der Waals surface area contributed by atoms with Crippen molar-refractivity contribution in [1.82, 2.24) is 5.32 Å². The molecule has 1 amide bonds. The Morgan fingerprint density at radius 1 is 1.15 bits per heavy atom. The highest BCUT2D eigenvalue weighted by Crippen LogP contribution is 2.06. The summed E-state index contributed by atoms with van der Waals surface area (Å²) in [5, 5.41) is 2.61. The Labute approximate surface area is 119 Å². The number of nitrogens with one attached hydrogen (secondary N) is 1. The van der Waals surface area contributed by atoms with Gasteiger partial charge in [-0.1, -0.05) is 44.2 Å². The molecule has 1 aromatic carbocycles. The smallest absolute Gasteiger partial charge is 0.224 e. The van der Waals surface area contributed by atoms with Crippen molar-refractivity contribution < 1.29 is 14.4 Å². The number of rotatable bonds is 7. The van der Waals surface area contributed by atoms with Crippen LogP contribution in [0.25, 0.3) is 0 Å². The third-order valence-electron chi connectivity index (χ3n) is 2.75. The molecule has 1 atom stereocenters. The number of hydrogen-bond acceptors (Lipinski definition) is 3. The van der Waals surface area contributed by atoms with E-state index in [9.17, 15) is 14.4 Å². The van der Waals surface area contributed by atoms with Gasteiger partial charge in [0.15, 0.2) is 5.78 Å². The van der Waals surface area contributed by atoms with Crippen molar-refractivity contribution in [2.75, 3.05) is 0 Å². The molecule has 107 valence electrons. The fraction of sp³-hybridized carbons (Fsp3) is 0.375. The van der Waals surface area contributed by atoms with Gasteiger partial charge in [-0.05, 0) is 11.5 Å². The number of carbonyl (C=O) groups is 3. The Kier molecular flexibility index (Phi) is 6.10. The lowest BCUT2D eigenvalue weighted by molar-refractivity contribution is -0.137.